The van der Waals surface area contributed by atoms with E-state index in [4.69, 9.17) is 5.11 Å². The first-order valence-corrected chi connectivity index (χ1v) is 7.23. The van der Waals surface area contributed by atoms with E-state index in [9.17, 15) is 18.0 Å². The fraction of sp³-hybridized carbons (Fsp3) is 0.778. The topological polar surface area (TPSA) is 116 Å². The Bertz CT molecular complexity index is 393. The third-order valence-electron chi connectivity index (χ3n) is 1.96. The number of carbonyl (C=O) groups excluding carboxylic acids is 1. The first-order chi connectivity index (χ1) is 8.13. The number of sulfonamides is 1. The lowest BCUT2D eigenvalue weighted by molar-refractivity contribution is -0.138. The summed E-state index contributed by atoms with van der Waals surface area (Å²) in [5.74, 6) is -1.10. The van der Waals surface area contributed by atoms with Crippen molar-refractivity contribution in [2.24, 2.45) is 0 Å². The lowest BCUT2D eigenvalue weighted by atomic mass is 10.3. The predicted molar refractivity (Wildman–Crippen MR) is 65.7 cm³/mol. The van der Waals surface area contributed by atoms with E-state index in [-0.39, 0.29) is 19.1 Å². The molecule has 0 unspecified atom stereocenters. The van der Waals surface area contributed by atoms with Gasteiger partial charge in [-0.15, -0.1) is 0 Å². The summed E-state index contributed by atoms with van der Waals surface area (Å²) in [4.78, 5) is 23.3. The number of urea groups is 1. The van der Waals surface area contributed by atoms with Crippen molar-refractivity contribution in [2.75, 3.05) is 25.9 Å². The summed E-state index contributed by atoms with van der Waals surface area (Å²) >= 11 is 0. The van der Waals surface area contributed by atoms with Crippen molar-refractivity contribution >= 4 is 22.0 Å². The van der Waals surface area contributed by atoms with Crippen molar-refractivity contribution < 1.29 is 23.1 Å². The number of carbonyl (C=O) groups is 2. The van der Waals surface area contributed by atoms with Gasteiger partial charge in [-0.25, -0.2) is 17.9 Å². The van der Waals surface area contributed by atoms with E-state index in [1.807, 2.05) is 0 Å². The van der Waals surface area contributed by atoms with Crippen molar-refractivity contribution in [3.8, 4) is 0 Å². The van der Waals surface area contributed by atoms with Gasteiger partial charge in [0.15, 0.2) is 0 Å². The molecule has 8 nitrogen and oxygen atoms in total. The van der Waals surface area contributed by atoms with E-state index in [1.54, 1.807) is 13.8 Å². The molecule has 0 heterocycles. The maximum Gasteiger partial charge on any atom is 0.323 e. The quantitative estimate of drug-likeness (QED) is 0.520. The SMILES string of the molecule is CC(C)N(CC(=O)O)C(=O)NCCNS(C)(=O)=O. The zero-order valence-electron chi connectivity index (χ0n) is 10.6. The Morgan fingerprint density at radius 3 is 2.22 bits per heavy atom. The van der Waals surface area contributed by atoms with E-state index in [0.717, 1.165) is 11.2 Å². The largest absolute Gasteiger partial charge is 0.480 e. The molecule has 0 saturated carbocycles. The summed E-state index contributed by atoms with van der Waals surface area (Å²) in [6.45, 7) is 3.13. The van der Waals surface area contributed by atoms with Crippen molar-refractivity contribution in [1.29, 1.82) is 0 Å². The van der Waals surface area contributed by atoms with Crippen LogP contribution in [0.4, 0.5) is 4.79 Å². The minimum Gasteiger partial charge on any atom is -0.480 e. The molecule has 9 heteroatoms. The number of hydrogen-bond donors (Lipinski definition) is 3. The number of aliphatic carboxylic acids is 1. The van der Waals surface area contributed by atoms with Gasteiger partial charge < -0.3 is 15.3 Å². The fourth-order valence-electron chi connectivity index (χ4n) is 1.14. The van der Waals surface area contributed by atoms with Gasteiger partial charge in [0.2, 0.25) is 10.0 Å². The molecule has 0 aliphatic heterocycles. The van der Waals surface area contributed by atoms with Gasteiger partial charge in [0.1, 0.15) is 6.54 Å². The Balaban J connectivity index is 4.15. The Morgan fingerprint density at radius 2 is 1.83 bits per heavy atom. The zero-order chi connectivity index (χ0) is 14.3. The van der Waals surface area contributed by atoms with Crippen molar-refractivity contribution in [2.45, 2.75) is 19.9 Å². The molecule has 18 heavy (non-hydrogen) atoms. The van der Waals surface area contributed by atoms with Crippen LogP contribution in [-0.4, -0.2) is 62.4 Å². The number of hydrogen-bond acceptors (Lipinski definition) is 4. The normalized spacial score (nSPS) is 11.3. The molecule has 0 radical (unpaired) electrons. The Morgan fingerprint density at radius 1 is 1.28 bits per heavy atom. The zero-order valence-corrected chi connectivity index (χ0v) is 11.5. The minimum atomic E-state index is -3.29. The van der Waals surface area contributed by atoms with Crippen molar-refractivity contribution in [3.63, 3.8) is 0 Å². The van der Waals surface area contributed by atoms with Crippen LogP contribution in [0.15, 0.2) is 0 Å². The molecule has 0 atom stereocenters. The Labute approximate surface area is 106 Å². The molecule has 0 fully saturated rings. The molecule has 0 aliphatic rings. The van der Waals surface area contributed by atoms with E-state index in [2.05, 4.69) is 10.0 Å². The lowest BCUT2D eigenvalue weighted by Crippen LogP contribution is -2.48. The highest BCUT2D eigenvalue weighted by Gasteiger charge is 2.19. The summed E-state index contributed by atoms with van der Waals surface area (Å²) in [6, 6.07) is -0.799. The average Bonchev–Trinajstić information content (AvgIpc) is 2.18. The van der Waals surface area contributed by atoms with Crippen LogP contribution in [0.25, 0.3) is 0 Å². The van der Waals surface area contributed by atoms with E-state index < -0.39 is 28.6 Å². The second kappa shape index (κ2) is 7.17. The highest BCUT2D eigenvalue weighted by Crippen LogP contribution is 1.98. The van der Waals surface area contributed by atoms with E-state index >= 15 is 0 Å². The second-order valence-electron chi connectivity index (χ2n) is 4.01. The van der Waals surface area contributed by atoms with Gasteiger partial charge >= 0.3 is 12.0 Å². The third-order valence-corrected chi connectivity index (χ3v) is 2.68. The predicted octanol–water partition coefficient (Wildman–Crippen LogP) is -0.960. The number of carboxylic acid groups (broad SMARTS) is 1. The van der Waals surface area contributed by atoms with E-state index in [1.165, 1.54) is 0 Å². The summed E-state index contributed by atoms with van der Waals surface area (Å²) in [5.41, 5.74) is 0. The molecular weight excluding hydrogens is 262 g/mol. The van der Waals surface area contributed by atoms with E-state index in [0.29, 0.717) is 0 Å². The minimum absolute atomic E-state index is 0.0591. The van der Waals surface area contributed by atoms with Crippen molar-refractivity contribution in [1.82, 2.24) is 14.9 Å². The van der Waals surface area contributed by atoms with Gasteiger partial charge in [-0.05, 0) is 13.8 Å². The fourth-order valence-corrected chi connectivity index (χ4v) is 1.61. The molecule has 0 bridgehead atoms. The first kappa shape index (κ1) is 16.6. The molecule has 0 aromatic carbocycles. The molecule has 0 spiro atoms. The molecule has 0 aliphatic carbocycles. The molecule has 0 aromatic heterocycles. The van der Waals surface area contributed by atoms with Crippen LogP contribution in [0.3, 0.4) is 0 Å². The van der Waals surface area contributed by atoms with Crippen LogP contribution in [0.5, 0.6) is 0 Å². The molecule has 106 valence electrons. The maximum atomic E-state index is 11.6. The highest BCUT2D eigenvalue weighted by molar-refractivity contribution is 7.88. The van der Waals surface area contributed by atoms with Gasteiger partial charge in [0.25, 0.3) is 0 Å². The lowest BCUT2D eigenvalue weighted by Gasteiger charge is -2.25. The van der Waals surface area contributed by atoms with Gasteiger partial charge in [-0.3, -0.25) is 4.79 Å². The standard InChI is InChI=1S/C9H19N3O5S/c1-7(2)12(6-8(13)14)9(15)10-4-5-11-18(3,16)17/h7,11H,4-6H2,1-3H3,(H,10,15)(H,13,14). The number of nitrogens with zero attached hydrogens (tertiary/aromatic N) is 1. The second-order valence-corrected chi connectivity index (χ2v) is 5.85. The van der Waals surface area contributed by atoms with Gasteiger partial charge in [-0.1, -0.05) is 0 Å². The molecule has 0 saturated heterocycles. The van der Waals surface area contributed by atoms with Gasteiger partial charge in [0.05, 0.1) is 6.26 Å². The Kier molecular flexibility index (Phi) is 6.63. The highest BCUT2D eigenvalue weighted by atomic mass is 32.2. The number of amides is 2. The molecular formula is C9H19N3O5S. The monoisotopic (exact) mass is 281 g/mol. The van der Waals surface area contributed by atoms with Crippen LogP contribution >= 0.6 is 0 Å². The summed E-state index contributed by atoms with van der Waals surface area (Å²) in [7, 11) is -3.29. The Hall–Kier alpha value is -1.35. The smallest absolute Gasteiger partial charge is 0.323 e. The van der Waals surface area contributed by atoms with Crippen LogP contribution in [0.1, 0.15) is 13.8 Å². The molecule has 2 amide bonds. The first-order valence-electron chi connectivity index (χ1n) is 5.34. The maximum absolute atomic E-state index is 11.6. The van der Waals surface area contributed by atoms with Gasteiger partial charge in [-0.2, -0.15) is 0 Å². The van der Waals surface area contributed by atoms with Crippen LogP contribution in [0.2, 0.25) is 0 Å². The van der Waals surface area contributed by atoms with Crippen molar-refractivity contribution in [3.05, 3.63) is 0 Å². The summed E-state index contributed by atoms with van der Waals surface area (Å²) in [5, 5.41) is 11.1. The summed E-state index contributed by atoms with van der Waals surface area (Å²) < 4.78 is 23.7. The van der Waals surface area contributed by atoms with Crippen LogP contribution < -0.4 is 10.0 Å². The van der Waals surface area contributed by atoms with Crippen LogP contribution in [-0.2, 0) is 14.8 Å². The number of carboxylic acids is 1. The number of nitrogens with one attached hydrogen (secondary N) is 2. The molecule has 0 aromatic rings. The average molecular weight is 281 g/mol. The molecule has 3 N–H and O–H groups in total. The van der Waals surface area contributed by atoms with Gasteiger partial charge in [0, 0.05) is 19.1 Å². The van der Waals surface area contributed by atoms with Crippen LogP contribution in [0, 0.1) is 0 Å². The molecule has 0 rings (SSSR count). The third kappa shape index (κ3) is 7.85. The summed E-state index contributed by atoms with van der Waals surface area (Å²) in [6.07, 6.45) is 1.01. The number of rotatable bonds is 7.